The van der Waals surface area contributed by atoms with E-state index in [1.165, 1.54) is 12.1 Å². The molecule has 26 heavy (non-hydrogen) atoms. The highest BCUT2D eigenvalue weighted by Gasteiger charge is 2.14. The minimum atomic E-state index is 0.0809. The molecular weight excluding hydrogens is 372 g/mol. The summed E-state index contributed by atoms with van der Waals surface area (Å²) in [6.07, 6.45) is 3.35. The Kier molecular flexibility index (Phi) is 4.36. The maximum absolute atomic E-state index is 9.49. The molecule has 2 aromatic heterocycles. The Balaban J connectivity index is 1.76. The SMILES string of the molecule is COc1ccc2sc(-c3cnccc3Oc3ccc(O)cc3Cl)nc2c1. The van der Waals surface area contributed by atoms with Crippen LogP contribution >= 0.6 is 22.9 Å². The molecule has 7 heteroatoms. The van der Waals surface area contributed by atoms with Gasteiger partial charge in [-0.1, -0.05) is 11.6 Å². The lowest BCUT2D eigenvalue weighted by molar-refractivity contribution is 0.415. The summed E-state index contributed by atoms with van der Waals surface area (Å²) in [6, 6.07) is 12.1. The van der Waals surface area contributed by atoms with Crippen molar-refractivity contribution in [3.05, 3.63) is 59.9 Å². The van der Waals surface area contributed by atoms with Crippen LogP contribution in [0.1, 0.15) is 0 Å². The molecule has 0 aliphatic rings. The quantitative estimate of drug-likeness (QED) is 0.502. The largest absolute Gasteiger partial charge is 0.508 e. The molecule has 0 amide bonds. The maximum Gasteiger partial charge on any atom is 0.146 e. The van der Waals surface area contributed by atoms with Crippen LogP contribution in [0.3, 0.4) is 0 Å². The average molecular weight is 385 g/mol. The summed E-state index contributed by atoms with van der Waals surface area (Å²) in [7, 11) is 1.63. The van der Waals surface area contributed by atoms with Gasteiger partial charge in [0.15, 0.2) is 0 Å². The lowest BCUT2D eigenvalue weighted by atomic mass is 10.2. The zero-order valence-corrected chi connectivity index (χ0v) is 15.2. The van der Waals surface area contributed by atoms with Crippen molar-refractivity contribution in [1.82, 2.24) is 9.97 Å². The second-order valence-electron chi connectivity index (χ2n) is 5.44. The number of methoxy groups -OCH3 is 1. The van der Waals surface area contributed by atoms with E-state index in [0.29, 0.717) is 16.5 Å². The van der Waals surface area contributed by atoms with Crippen LogP contribution in [-0.2, 0) is 0 Å². The van der Waals surface area contributed by atoms with Crippen molar-refractivity contribution in [3.8, 4) is 33.6 Å². The van der Waals surface area contributed by atoms with Gasteiger partial charge in [-0.3, -0.25) is 4.98 Å². The molecule has 0 aliphatic heterocycles. The number of phenolic OH excluding ortho intramolecular Hbond substituents is 1. The molecule has 0 saturated carbocycles. The highest BCUT2D eigenvalue weighted by Crippen LogP contribution is 2.39. The van der Waals surface area contributed by atoms with E-state index < -0.39 is 0 Å². The van der Waals surface area contributed by atoms with Gasteiger partial charge in [-0.15, -0.1) is 11.3 Å². The van der Waals surface area contributed by atoms with E-state index in [-0.39, 0.29) is 5.75 Å². The van der Waals surface area contributed by atoms with Crippen LogP contribution in [0.2, 0.25) is 5.02 Å². The van der Waals surface area contributed by atoms with Gasteiger partial charge in [0.25, 0.3) is 0 Å². The van der Waals surface area contributed by atoms with Crippen molar-refractivity contribution in [2.24, 2.45) is 0 Å². The molecule has 0 bridgehead atoms. The lowest BCUT2D eigenvalue weighted by Crippen LogP contribution is -1.90. The fraction of sp³-hybridized carbons (Fsp3) is 0.0526. The van der Waals surface area contributed by atoms with E-state index in [1.807, 2.05) is 18.2 Å². The number of ether oxygens (including phenoxy) is 2. The van der Waals surface area contributed by atoms with Crippen molar-refractivity contribution in [1.29, 1.82) is 0 Å². The number of pyridine rings is 1. The number of hydrogen-bond acceptors (Lipinski definition) is 6. The number of rotatable bonds is 4. The Hall–Kier alpha value is -2.83. The zero-order chi connectivity index (χ0) is 18.1. The Morgan fingerprint density at radius 3 is 2.77 bits per heavy atom. The number of aromatic nitrogens is 2. The lowest BCUT2D eigenvalue weighted by Gasteiger charge is -2.10. The molecule has 0 aliphatic carbocycles. The number of thiazole rings is 1. The number of halogens is 1. The van der Waals surface area contributed by atoms with E-state index in [0.717, 1.165) is 26.5 Å². The normalized spacial score (nSPS) is 10.8. The van der Waals surface area contributed by atoms with Crippen molar-refractivity contribution < 1.29 is 14.6 Å². The van der Waals surface area contributed by atoms with Crippen LogP contribution in [-0.4, -0.2) is 22.2 Å². The third kappa shape index (κ3) is 3.16. The Morgan fingerprint density at radius 2 is 1.96 bits per heavy atom. The minimum Gasteiger partial charge on any atom is -0.508 e. The van der Waals surface area contributed by atoms with Gasteiger partial charge in [0.05, 0.1) is 27.9 Å². The van der Waals surface area contributed by atoms with Crippen molar-refractivity contribution in [2.75, 3.05) is 7.11 Å². The molecule has 4 rings (SSSR count). The summed E-state index contributed by atoms with van der Waals surface area (Å²) >= 11 is 7.69. The summed E-state index contributed by atoms with van der Waals surface area (Å²) in [5.74, 6) is 1.86. The number of fused-ring (bicyclic) bond motifs is 1. The Bertz CT molecular complexity index is 1100. The summed E-state index contributed by atoms with van der Waals surface area (Å²) < 4.78 is 12.2. The molecule has 0 atom stereocenters. The first-order valence-corrected chi connectivity index (χ1v) is 8.89. The molecule has 0 radical (unpaired) electrons. The van der Waals surface area contributed by atoms with Crippen molar-refractivity contribution in [2.45, 2.75) is 0 Å². The highest BCUT2D eigenvalue weighted by atomic mass is 35.5. The molecular formula is C19H13ClN2O3S. The van der Waals surface area contributed by atoms with Gasteiger partial charge in [-0.2, -0.15) is 0 Å². The molecule has 0 spiro atoms. The number of benzene rings is 2. The van der Waals surface area contributed by atoms with Gasteiger partial charge < -0.3 is 14.6 Å². The summed E-state index contributed by atoms with van der Waals surface area (Å²) in [5, 5.41) is 10.6. The molecule has 5 nitrogen and oxygen atoms in total. The van der Waals surface area contributed by atoms with E-state index in [1.54, 1.807) is 43.0 Å². The zero-order valence-electron chi connectivity index (χ0n) is 13.6. The molecule has 2 aromatic carbocycles. The predicted molar refractivity (Wildman–Crippen MR) is 103 cm³/mol. The maximum atomic E-state index is 9.49. The van der Waals surface area contributed by atoms with Gasteiger partial charge in [0, 0.05) is 24.5 Å². The molecule has 0 fully saturated rings. The van der Waals surface area contributed by atoms with Gasteiger partial charge in [0.1, 0.15) is 28.0 Å². The van der Waals surface area contributed by atoms with Crippen LogP contribution in [0.15, 0.2) is 54.9 Å². The minimum absolute atomic E-state index is 0.0809. The second kappa shape index (κ2) is 6.82. The fourth-order valence-corrected chi connectivity index (χ4v) is 3.65. The highest BCUT2D eigenvalue weighted by molar-refractivity contribution is 7.21. The van der Waals surface area contributed by atoms with Crippen LogP contribution in [0.4, 0.5) is 0 Å². The van der Waals surface area contributed by atoms with Crippen LogP contribution in [0.5, 0.6) is 23.0 Å². The molecule has 0 saturated heterocycles. The second-order valence-corrected chi connectivity index (χ2v) is 6.88. The Morgan fingerprint density at radius 1 is 1.08 bits per heavy atom. The summed E-state index contributed by atoms with van der Waals surface area (Å²) in [4.78, 5) is 8.87. The van der Waals surface area contributed by atoms with Crippen LogP contribution < -0.4 is 9.47 Å². The van der Waals surface area contributed by atoms with Crippen LogP contribution in [0, 0.1) is 0 Å². The first kappa shape index (κ1) is 16.6. The summed E-state index contributed by atoms with van der Waals surface area (Å²) in [5.41, 5.74) is 1.61. The van der Waals surface area contributed by atoms with E-state index in [2.05, 4.69) is 9.97 Å². The molecule has 130 valence electrons. The Labute approximate surface area is 158 Å². The van der Waals surface area contributed by atoms with Crippen LogP contribution in [0.25, 0.3) is 20.8 Å². The smallest absolute Gasteiger partial charge is 0.146 e. The third-order valence-electron chi connectivity index (χ3n) is 3.74. The first-order valence-electron chi connectivity index (χ1n) is 7.69. The van der Waals surface area contributed by atoms with Gasteiger partial charge in [-0.05, 0) is 30.3 Å². The van der Waals surface area contributed by atoms with E-state index in [9.17, 15) is 5.11 Å². The third-order valence-corrected chi connectivity index (χ3v) is 5.11. The molecule has 1 N–H and O–H groups in total. The van der Waals surface area contributed by atoms with Gasteiger partial charge in [0.2, 0.25) is 0 Å². The number of hydrogen-bond donors (Lipinski definition) is 1. The molecule has 4 aromatic rings. The predicted octanol–water partition coefficient (Wildman–Crippen LogP) is 5.52. The standard InChI is InChI=1S/C19H13ClN2O3S/c1-24-12-3-5-18-15(9-12)22-19(26-18)13-10-21-7-6-16(13)25-17-4-2-11(23)8-14(17)20/h2-10,23H,1H3. The van der Waals surface area contributed by atoms with Crippen molar-refractivity contribution in [3.63, 3.8) is 0 Å². The number of phenols is 1. The van der Waals surface area contributed by atoms with Gasteiger partial charge in [-0.25, -0.2) is 4.98 Å². The van der Waals surface area contributed by atoms with Gasteiger partial charge >= 0.3 is 0 Å². The van der Waals surface area contributed by atoms with E-state index in [4.69, 9.17) is 21.1 Å². The van der Waals surface area contributed by atoms with E-state index >= 15 is 0 Å². The topological polar surface area (TPSA) is 64.5 Å². The fourth-order valence-electron chi connectivity index (χ4n) is 2.47. The first-order chi connectivity index (χ1) is 12.6. The molecule has 0 unspecified atom stereocenters. The average Bonchev–Trinajstić information content (AvgIpc) is 3.07. The molecule has 2 heterocycles. The van der Waals surface area contributed by atoms with Crippen molar-refractivity contribution >= 4 is 33.2 Å². The monoisotopic (exact) mass is 384 g/mol. The summed E-state index contributed by atoms with van der Waals surface area (Å²) in [6.45, 7) is 0. The number of aromatic hydroxyl groups is 1. The number of nitrogens with zero attached hydrogens (tertiary/aromatic N) is 2.